The third-order valence-corrected chi connectivity index (χ3v) is 4.94. The summed E-state index contributed by atoms with van der Waals surface area (Å²) in [5.74, 6) is 0.530. The van der Waals surface area contributed by atoms with Gasteiger partial charge in [-0.2, -0.15) is 0 Å². The van der Waals surface area contributed by atoms with Crippen LogP contribution in [-0.4, -0.2) is 37.3 Å². The lowest BCUT2D eigenvalue weighted by atomic mass is 9.75. The Morgan fingerprint density at radius 1 is 1.50 bits per heavy atom. The first kappa shape index (κ1) is 13.9. The van der Waals surface area contributed by atoms with Crippen molar-refractivity contribution in [1.29, 1.82) is 0 Å². The van der Waals surface area contributed by atoms with Gasteiger partial charge in [0.2, 0.25) is 0 Å². The molecule has 2 N–H and O–H groups in total. The Balaban J connectivity index is 2.13. The maximum Gasteiger partial charge on any atom is 0.154 e. The van der Waals surface area contributed by atoms with Crippen molar-refractivity contribution in [3.05, 3.63) is 35.6 Å². The van der Waals surface area contributed by atoms with E-state index in [1.807, 2.05) is 6.07 Å². The van der Waals surface area contributed by atoms with Crippen LogP contribution in [0.25, 0.3) is 0 Å². The molecule has 2 aliphatic heterocycles. The Bertz CT molecular complexity index is 540. The van der Waals surface area contributed by atoms with Gasteiger partial charge in [0.1, 0.15) is 11.4 Å². The minimum absolute atomic E-state index is 0.0513. The van der Waals surface area contributed by atoms with Crippen LogP contribution in [0.3, 0.4) is 0 Å². The Hall–Kier alpha value is -1.11. The third kappa shape index (κ3) is 2.12. The van der Waals surface area contributed by atoms with E-state index < -0.39 is 5.54 Å². The lowest BCUT2D eigenvalue weighted by Crippen LogP contribution is -2.55. The fourth-order valence-electron chi connectivity index (χ4n) is 3.01. The molecular formula is C14H17FN2O2S. The van der Waals surface area contributed by atoms with Crippen LogP contribution in [0.15, 0.2) is 29.3 Å². The standard InChI is InChI=1S/C14H17FN2O2S/c1-18-12-6-19-8-14(9-4-2-3-5-11(9)15)10(12)7-20-13(16)17-14/h2-5,10,12H,6-8H2,1H3,(H2,16,17)/t10-,12+,14-/m1/s1. The third-order valence-electron chi connectivity index (χ3n) is 4.03. The summed E-state index contributed by atoms with van der Waals surface area (Å²) in [5.41, 5.74) is 5.65. The molecule has 3 rings (SSSR count). The number of nitrogens with two attached hydrogens (primary N) is 1. The molecule has 0 aromatic heterocycles. The van der Waals surface area contributed by atoms with Gasteiger partial charge in [-0.3, -0.25) is 0 Å². The zero-order valence-corrected chi connectivity index (χ0v) is 12.0. The van der Waals surface area contributed by atoms with E-state index in [0.29, 0.717) is 23.9 Å². The maximum atomic E-state index is 14.3. The lowest BCUT2D eigenvalue weighted by Gasteiger charge is -2.47. The monoisotopic (exact) mass is 296 g/mol. The molecule has 0 spiro atoms. The molecule has 2 aliphatic rings. The van der Waals surface area contributed by atoms with Gasteiger partial charge in [-0.05, 0) is 6.07 Å². The average molecular weight is 296 g/mol. The largest absolute Gasteiger partial charge is 0.379 e. The second-order valence-electron chi connectivity index (χ2n) is 5.06. The number of halogens is 1. The van der Waals surface area contributed by atoms with E-state index in [0.717, 1.165) is 5.75 Å². The molecule has 0 aliphatic carbocycles. The number of hydrogen-bond acceptors (Lipinski definition) is 5. The van der Waals surface area contributed by atoms with Gasteiger partial charge in [-0.15, -0.1) is 0 Å². The van der Waals surface area contributed by atoms with Crippen LogP contribution < -0.4 is 5.73 Å². The number of aliphatic imine (C=N–C) groups is 1. The second kappa shape index (κ2) is 5.35. The Kier molecular flexibility index (Phi) is 3.70. The van der Waals surface area contributed by atoms with Crippen molar-refractivity contribution in [1.82, 2.24) is 0 Å². The van der Waals surface area contributed by atoms with E-state index in [-0.39, 0.29) is 17.8 Å². The molecule has 1 aromatic carbocycles. The van der Waals surface area contributed by atoms with Crippen LogP contribution in [-0.2, 0) is 15.0 Å². The van der Waals surface area contributed by atoms with E-state index >= 15 is 0 Å². The smallest absolute Gasteiger partial charge is 0.154 e. The maximum absolute atomic E-state index is 14.3. The van der Waals surface area contributed by atoms with Crippen molar-refractivity contribution in [2.24, 2.45) is 16.6 Å². The average Bonchev–Trinajstić information content (AvgIpc) is 2.46. The number of benzene rings is 1. The molecule has 0 unspecified atom stereocenters. The first-order valence-corrected chi connectivity index (χ1v) is 7.49. The molecule has 20 heavy (non-hydrogen) atoms. The number of hydrogen-bond donors (Lipinski definition) is 1. The zero-order chi connectivity index (χ0) is 14.2. The molecule has 0 bridgehead atoms. The van der Waals surface area contributed by atoms with Gasteiger partial charge >= 0.3 is 0 Å². The van der Waals surface area contributed by atoms with E-state index in [1.165, 1.54) is 17.8 Å². The van der Waals surface area contributed by atoms with Gasteiger partial charge in [0.15, 0.2) is 5.17 Å². The molecule has 4 nitrogen and oxygen atoms in total. The van der Waals surface area contributed by atoms with Gasteiger partial charge < -0.3 is 15.2 Å². The van der Waals surface area contributed by atoms with Gasteiger partial charge in [-0.25, -0.2) is 9.38 Å². The highest BCUT2D eigenvalue weighted by Gasteiger charge is 2.51. The molecule has 108 valence electrons. The number of rotatable bonds is 2. The Labute approximate surface area is 121 Å². The van der Waals surface area contributed by atoms with Gasteiger partial charge in [0.05, 0.1) is 19.3 Å². The summed E-state index contributed by atoms with van der Waals surface area (Å²) >= 11 is 1.49. The first-order chi connectivity index (χ1) is 9.67. The Morgan fingerprint density at radius 2 is 2.30 bits per heavy atom. The van der Waals surface area contributed by atoms with Crippen LogP contribution in [0, 0.1) is 11.7 Å². The van der Waals surface area contributed by atoms with Crippen molar-refractivity contribution in [2.45, 2.75) is 11.6 Å². The number of fused-ring (bicyclic) bond motifs is 1. The summed E-state index contributed by atoms with van der Waals surface area (Å²) in [6.45, 7) is 0.840. The predicted octanol–water partition coefficient (Wildman–Crippen LogP) is 1.74. The van der Waals surface area contributed by atoms with E-state index in [1.54, 1.807) is 19.2 Å². The number of thioether (sulfide) groups is 1. The Morgan fingerprint density at radius 3 is 3.05 bits per heavy atom. The van der Waals surface area contributed by atoms with Crippen LogP contribution >= 0.6 is 11.8 Å². The van der Waals surface area contributed by atoms with Crippen molar-refractivity contribution < 1.29 is 13.9 Å². The summed E-state index contributed by atoms with van der Waals surface area (Å²) in [5, 5.41) is 0.477. The fourth-order valence-corrected chi connectivity index (χ4v) is 4.08. The van der Waals surface area contributed by atoms with Crippen molar-refractivity contribution >= 4 is 16.9 Å². The quantitative estimate of drug-likeness (QED) is 0.903. The van der Waals surface area contributed by atoms with Gasteiger partial charge in [0.25, 0.3) is 0 Å². The molecule has 6 heteroatoms. The van der Waals surface area contributed by atoms with Crippen LogP contribution in [0.4, 0.5) is 4.39 Å². The fraction of sp³-hybridized carbons (Fsp3) is 0.500. The molecule has 2 heterocycles. The van der Waals surface area contributed by atoms with Crippen LogP contribution in [0.5, 0.6) is 0 Å². The van der Waals surface area contributed by atoms with Gasteiger partial charge in [0, 0.05) is 24.3 Å². The predicted molar refractivity (Wildman–Crippen MR) is 77.3 cm³/mol. The lowest BCUT2D eigenvalue weighted by molar-refractivity contribution is -0.102. The van der Waals surface area contributed by atoms with Gasteiger partial charge in [-0.1, -0.05) is 30.0 Å². The summed E-state index contributed by atoms with van der Waals surface area (Å²) in [4.78, 5) is 4.58. The normalized spacial score (nSPS) is 33.4. The molecule has 0 saturated carbocycles. The highest BCUT2D eigenvalue weighted by molar-refractivity contribution is 8.13. The highest BCUT2D eigenvalue weighted by atomic mass is 32.2. The molecule has 1 fully saturated rings. The SMILES string of the molecule is CO[C@H]1COC[C@]2(c3ccccc3F)N=C(N)SC[C@H]12. The molecule has 1 aromatic rings. The van der Waals surface area contributed by atoms with E-state index in [2.05, 4.69) is 4.99 Å². The number of amidine groups is 1. The minimum Gasteiger partial charge on any atom is -0.379 e. The molecule has 0 amide bonds. The topological polar surface area (TPSA) is 56.8 Å². The molecule has 0 radical (unpaired) electrons. The summed E-state index contributed by atoms with van der Waals surface area (Å²) in [6, 6.07) is 6.70. The van der Waals surface area contributed by atoms with E-state index in [9.17, 15) is 4.39 Å². The first-order valence-electron chi connectivity index (χ1n) is 6.51. The second-order valence-corrected chi connectivity index (χ2v) is 6.10. The molecule has 3 atom stereocenters. The molecule has 1 saturated heterocycles. The summed E-state index contributed by atoms with van der Waals surface area (Å²) in [6.07, 6.45) is -0.104. The number of nitrogens with zero attached hydrogens (tertiary/aromatic N) is 1. The van der Waals surface area contributed by atoms with Crippen molar-refractivity contribution in [2.75, 3.05) is 26.1 Å². The van der Waals surface area contributed by atoms with Crippen molar-refractivity contribution in [3.8, 4) is 0 Å². The number of ether oxygens (including phenoxy) is 2. The minimum atomic E-state index is -0.778. The summed E-state index contributed by atoms with van der Waals surface area (Å²) < 4.78 is 25.4. The zero-order valence-electron chi connectivity index (χ0n) is 11.2. The van der Waals surface area contributed by atoms with Crippen LogP contribution in [0.2, 0.25) is 0 Å². The highest BCUT2D eigenvalue weighted by Crippen LogP contribution is 2.45. The molecular weight excluding hydrogens is 279 g/mol. The number of methoxy groups -OCH3 is 1. The van der Waals surface area contributed by atoms with Crippen LogP contribution in [0.1, 0.15) is 5.56 Å². The summed E-state index contributed by atoms with van der Waals surface area (Å²) in [7, 11) is 1.65. The van der Waals surface area contributed by atoms with Crippen molar-refractivity contribution in [3.63, 3.8) is 0 Å². The van der Waals surface area contributed by atoms with E-state index in [4.69, 9.17) is 15.2 Å².